The second-order valence-electron chi connectivity index (χ2n) is 3.55. The summed E-state index contributed by atoms with van der Waals surface area (Å²) >= 11 is 5.36. The van der Waals surface area contributed by atoms with Crippen molar-refractivity contribution >= 4 is 33.2 Å². The maximum absolute atomic E-state index is 5.83. The summed E-state index contributed by atoms with van der Waals surface area (Å²) in [4.78, 5) is 9.10. The molecular weight excluding hydrogens is 274 g/mol. The maximum atomic E-state index is 5.83. The van der Waals surface area contributed by atoms with Crippen LogP contribution in [0.25, 0.3) is 0 Å². The zero-order valence-electron chi connectivity index (χ0n) is 8.83. The van der Waals surface area contributed by atoms with Gasteiger partial charge >= 0.3 is 0 Å². The van der Waals surface area contributed by atoms with E-state index < -0.39 is 0 Å². The minimum atomic E-state index is 0.338. The Bertz CT molecular complexity index is 380. The van der Waals surface area contributed by atoms with Crippen LogP contribution in [-0.2, 0) is 0 Å². The molecule has 0 aromatic carbocycles. The normalized spacial score (nSPS) is 20.9. The van der Waals surface area contributed by atoms with Crippen LogP contribution < -0.4 is 5.73 Å². The molecule has 0 fully saturated rings. The number of aryl methyl sites for hydroxylation is 1. The van der Waals surface area contributed by atoms with Crippen LogP contribution in [0.3, 0.4) is 0 Å². The number of rotatable bonds is 2. The van der Waals surface area contributed by atoms with Gasteiger partial charge in [-0.3, -0.25) is 4.99 Å². The van der Waals surface area contributed by atoms with E-state index in [2.05, 4.69) is 45.7 Å². The molecule has 1 atom stereocenters. The van der Waals surface area contributed by atoms with Crippen LogP contribution in [0.4, 0.5) is 0 Å². The lowest BCUT2D eigenvalue weighted by molar-refractivity contribution is 0.369. The Morgan fingerprint density at radius 3 is 3.00 bits per heavy atom. The van der Waals surface area contributed by atoms with Gasteiger partial charge in [-0.2, -0.15) is 0 Å². The average Bonchev–Trinajstić information content (AvgIpc) is 2.71. The van der Waals surface area contributed by atoms with E-state index in [4.69, 9.17) is 5.73 Å². The molecule has 2 heterocycles. The second-order valence-corrected chi connectivity index (χ2v) is 5.70. The van der Waals surface area contributed by atoms with Crippen molar-refractivity contribution in [3.8, 4) is 0 Å². The molecule has 1 aliphatic rings. The Balaban J connectivity index is 2.25. The summed E-state index contributed by atoms with van der Waals surface area (Å²) in [5.74, 6) is 0.671. The maximum Gasteiger partial charge on any atom is 0.191 e. The summed E-state index contributed by atoms with van der Waals surface area (Å²) < 4.78 is 1.18. The van der Waals surface area contributed by atoms with Gasteiger partial charge in [0.2, 0.25) is 0 Å². The third-order valence-corrected chi connectivity index (χ3v) is 4.88. The fourth-order valence-corrected chi connectivity index (χ4v) is 3.47. The van der Waals surface area contributed by atoms with E-state index in [1.165, 1.54) is 14.2 Å². The molecule has 15 heavy (non-hydrogen) atoms. The van der Waals surface area contributed by atoms with Crippen molar-refractivity contribution in [3.63, 3.8) is 0 Å². The molecule has 0 bridgehead atoms. The minimum Gasteiger partial charge on any atom is -0.370 e. The summed E-state index contributed by atoms with van der Waals surface area (Å²) in [7, 11) is 0. The number of aliphatic imine (C=N–C) groups is 1. The molecule has 0 amide bonds. The molecule has 0 saturated carbocycles. The van der Waals surface area contributed by atoms with Gasteiger partial charge in [0.15, 0.2) is 5.96 Å². The lowest BCUT2D eigenvalue weighted by atomic mass is 10.2. The molecular formula is C10H14BrN3S. The first-order valence-corrected chi connectivity index (χ1v) is 6.56. The van der Waals surface area contributed by atoms with Gasteiger partial charge in [-0.15, -0.1) is 11.3 Å². The number of hydrogen-bond donors (Lipinski definition) is 1. The molecule has 0 saturated heterocycles. The third kappa shape index (κ3) is 1.90. The van der Waals surface area contributed by atoms with Gasteiger partial charge < -0.3 is 10.6 Å². The van der Waals surface area contributed by atoms with Crippen LogP contribution in [0.2, 0.25) is 0 Å². The molecule has 2 rings (SSSR count). The molecule has 0 spiro atoms. The topological polar surface area (TPSA) is 41.6 Å². The standard InChI is InChI=1S/C10H14BrN3S/c1-3-14-8(5-13-10(14)12)9-4-7(11)6(2)15-9/h4,8H,3,5H2,1-2H3,(H2,12,13). The molecule has 1 unspecified atom stereocenters. The summed E-state index contributed by atoms with van der Waals surface area (Å²) in [6.07, 6.45) is 0. The van der Waals surface area contributed by atoms with Gasteiger partial charge in [-0.1, -0.05) is 0 Å². The first kappa shape index (κ1) is 11.0. The van der Waals surface area contributed by atoms with Crippen LogP contribution in [0, 0.1) is 6.92 Å². The van der Waals surface area contributed by atoms with Crippen LogP contribution >= 0.6 is 27.3 Å². The van der Waals surface area contributed by atoms with Crippen molar-refractivity contribution in [2.45, 2.75) is 19.9 Å². The summed E-state index contributed by atoms with van der Waals surface area (Å²) in [5.41, 5.74) is 5.83. The van der Waals surface area contributed by atoms with E-state index in [9.17, 15) is 0 Å². The number of thiophene rings is 1. The van der Waals surface area contributed by atoms with Crippen molar-refractivity contribution in [1.29, 1.82) is 0 Å². The molecule has 82 valence electrons. The van der Waals surface area contributed by atoms with Gasteiger partial charge in [-0.05, 0) is 35.8 Å². The van der Waals surface area contributed by atoms with E-state index in [0.717, 1.165) is 13.1 Å². The molecule has 0 aliphatic carbocycles. The van der Waals surface area contributed by atoms with E-state index >= 15 is 0 Å². The lowest BCUT2D eigenvalue weighted by Gasteiger charge is -2.23. The molecule has 2 N–H and O–H groups in total. The number of nitrogens with two attached hydrogens (primary N) is 1. The SMILES string of the molecule is CCN1C(N)=NCC1c1cc(Br)c(C)s1. The molecule has 1 aromatic heterocycles. The Hall–Kier alpha value is -0.550. The fraction of sp³-hybridized carbons (Fsp3) is 0.500. The number of hydrogen-bond acceptors (Lipinski definition) is 4. The van der Waals surface area contributed by atoms with Gasteiger partial charge in [-0.25, -0.2) is 0 Å². The highest BCUT2D eigenvalue weighted by molar-refractivity contribution is 9.10. The van der Waals surface area contributed by atoms with Crippen molar-refractivity contribution in [2.75, 3.05) is 13.1 Å². The summed E-state index contributed by atoms with van der Waals surface area (Å²) in [5, 5.41) is 0. The smallest absolute Gasteiger partial charge is 0.191 e. The van der Waals surface area contributed by atoms with Gasteiger partial charge in [0.25, 0.3) is 0 Å². The predicted octanol–water partition coefficient (Wildman–Crippen LogP) is 2.51. The first-order valence-electron chi connectivity index (χ1n) is 4.96. The third-order valence-electron chi connectivity index (χ3n) is 2.64. The molecule has 3 nitrogen and oxygen atoms in total. The van der Waals surface area contributed by atoms with E-state index in [0.29, 0.717) is 12.0 Å². The highest BCUT2D eigenvalue weighted by Gasteiger charge is 2.27. The van der Waals surface area contributed by atoms with Gasteiger partial charge in [0.1, 0.15) is 0 Å². The number of halogens is 1. The number of nitrogens with zero attached hydrogens (tertiary/aromatic N) is 2. The van der Waals surface area contributed by atoms with E-state index in [1.54, 1.807) is 0 Å². The predicted molar refractivity (Wildman–Crippen MR) is 68.4 cm³/mol. The van der Waals surface area contributed by atoms with Crippen LogP contribution in [0.5, 0.6) is 0 Å². The van der Waals surface area contributed by atoms with Crippen molar-refractivity contribution < 1.29 is 0 Å². The van der Waals surface area contributed by atoms with Crippen LogP contribution in [0.15, 0.2) is 15.5 Å². The highest BCUT2D eigenvalue weighted by Crippen LogP contribution is 2.35. The molecule has 0 radical (unpaired) electrons. The Morgan fingerprint density at radius 2 is 2.47 bits per heavy atom. The monoisotopic (exact) mass is 287 g/mol. The quantitative estimate of drug-likeness (QED) is 0.908. The number of guanidine groups is 1. The Labute approximate surface area is 102 Å². The van der Waals surface area contributed by atoms with Crippen molar-refractivity contribution in [3.05, 3.63) is 20.3 Å². The van der Waals surface area contributed by atoms with Crippen molar-refractivity contribution in [1.82, 2.24) is 4.90 Å². The molecule has 5 heteroatoms. The van der Waals surface area contributed by atoms with Gasteiger partial charge in [0.05, 0.1) is 12.6 Å². The Morgan fingerprint density at radius 1 is 1.73 bits per heavy atom. The Kier molecular flexibility index (Phi) is 3.02. The first-order chi connectivity index (χ1) is 7.13. The van der Waals surface area contributed by atoms with Gasteiger partial charge in [0, 0.05) is 20.8 Å². The fourth-order valence-electron chi connectivity index (χ4n) is 1.80. The van der Waals surface area contributed by atoms with Crippen molar-refractivity contribution in [2.24, 2.45) is 10.7 Å². The average molecular weight is 288 g/mol. The molecule has 1 aromatic rings. The minimum absolute atomic E-state index is 0.338. The lowest BCUT2D eigenvalue weighted by Crippen LogP contribution is -2.35. The van der Waals surface area contributed by atoms with Crippen LogP contribution in [0.1, 0.15) is 22.7 Å². The van der Waals surface area contributed by atoms with E-state index in [1.807, 2.05) is 11.3 Å². The number of likely N-dealkylation sites (N-methyl/N-ethyl adjacent to an activating group) is 1. The highest BCUT2D eigenvalue weighted by atomic mass is 79.9. The summed E-state index contributed by atoms with van der Waals surface area (Å²) in [6, 6.07) is 2.52. The second kappa shape index (κ2) is 4.14. The zero-order valence-corrected chi connectivity index (χ0v) is 11.2. The largest absolute Gasteiger partial charge is 0.370 e. The summed E-state index contributed by atoms with van der Waals surface area (Å²) in [6.45, 7) is 5.92. The van der Waals surface area contributed by atoms with E-state index in [-0.39, 0.29) is 0 Å². The van der Waals surface area contributed by atoms with Crippen LogP contribution in [-0.4, -0.2) is 23.9 Å². The zero-order chi connectivity index (χ0) is 11.0. The molecule has 1 aliphatic heterocycles.